The molecule has 1 aromatic rings. The Morgan fingerprint density at radius 2 is 1.62 bits per heavy atom. The molecule has 0 fully saturated rings. The molecule has 7 heteroatoms. The zero-order valence-corrected chi connectivity index (χ0v) is 12.8. The third-order valence-corrected chi connectivity index (χ3v) is 4.09. The monoisotopic (exact) mass is 319 g/mol. The first-order valence-electron chi connectivity index (χ1n) is 6.10. The molecule has 1 aromatic carbocycles. The Morgan fingerprint density at radius 1 is 1.14 bits per heavy atom. The molecule has 0 bridgehead atoms. The summed E-state index contributed by atoms with van der Waals surface area (Å²) >= 11 is 5.72. The van der Waals surface area contributed by atoms with Crippen molar-refractivity contribution in [3.8, 4) is 0 Å². The predicted octanol–water partition coefficient (Wildman–Crippen LogP) is 3.24. The van der Waals surface area contributed by atoms with Gasteiger partial charge in [0, 0.05) is 0 Å². The van der Waals surface area contributed by atoms with Crippen LogP contribution in [0, 0.1) is 17.0 Å². The summed E-state index contributed by atoms with van der Waals surface area (Å²) in [5, 5.41) is 11.4. The number of carbonyl (C=O) groups excluding carboxylic acids is 1. The maximum Gasteiger partial charge on any atom is 0.311 e. The summed E-state index contributed by atoms with van der Waals surface area (Å²) in [6, 6.07) is 1.37. The molecule has 21 heavy (non-hydrogen) atoms. The summed E-state index contributed by atoms with van der Waals surface area (Å²) in [4.78, 5) is 23.4. The molecule has 4 nitrogen and oxygen atoms in total. The number of benzene rings is 1. The average Bonchev–Trinajstić information content (AvgIpc) is 2.32. The highest BCUT2D eigenvalue weighted by atomic mass is 35.5. The first-order valence-corrected chi connectivity index (χ1v) is 6.48. The van der Waals surface area contributed by atoms with E-state index in [1.807, 2.05) is 0 Å². The summed E-state index contributed by atoms with van der Waals surface area (Å²) < 4.78 is 26.2. The molecule has 2 N–H and O–H groups in total. The van der Waals surface area contributed by atoms with Crippen LogP contribution in [0.15, 0.2) is 12.1 Å². The van der Waals surface area contributed by atoms with Gasteiger partial charge < -0.3 is 10.4 Å². The molecule has 0 aromatic heterocycles. The fourth-order valence-corrected chi connectivity index (χ4v) is 1.71. The topological polar surface area (TPSA) is 66.4 Å². The van der Waals surface area contributed by atoms with E-state index in [0.29, 0.717) is 12.1 Å². The normalized spacial score (nSPS) is 12.1. The van der Waals surface area contributed by atoms with Gasteiger partial charge in [-0.2, -0.15) is 0 Å². The molecule has 0 aliphatic rings. The van der Waals surface area contributed by atoms with Crippen LogP contribution in [0.25, 0.3) is 0 Å². The summed E-state index contributed by atoms with van der Waals surface area (Å²) in [7, 11) is 0. The van der Waals surface area contributed by atoms with Gasteiger partial charge >= 0.3 is 5.97 Å². The van der Waals surface area contributed by atoms with Gasteiger partial charge in [-0.3, -0.25) is 9.59 Å². The van der Waals surface area contributed by atoms with Gasteiger partial charge in [0.1, 0.15) is 0 Å². The average molecular weight is 320 g/mol. The molecule has 0 saturated heterocycles. The smallest absolute Gasteiger partial charge is 0.311 e. The van der Waals surface area contributed by atoms with Crippen LogP contribution in [0.3, 0.4) is 0 Å². The minimum atomic E-state index is -1.28. The second-order valence-corrected chi connectivity index (χ2v) is 6.16. The van der Waals surface area contributed by atoms with E-state index >= 15 is 0 Å². The van der Waals surface area contributed by atoms with Gasteiger partial charge in [0.05, 0.1) is 21.5 Å². The Hall–Kier alpha value is -1.69. The van der Waals surface area contributed by atoms with Crippen molar-refractivity contribution in [2.45, 2.75) is 33.2 Å². The van der Waals surface area contributed by atoms with Gasteiger partial charge in [-0.05, 0) is 39.8 Å². The number of hydrogen-bond acceptors (Lipinski definition) is 2. The third-order valence-electron chi connectivity index (χ3n) is 3.78. The molecule has 116 valence electrons. The minimum absolute atomic E-state index is 0.254. The Balaban J connectivity index is 3.12. The molecule has 0 saturated carbocycles. The Kier molecular flexibility index (Phi) is 4.63. The molecular weight excluding hydrogens is 304 g/mol. The van der Waals surface area contributed by atoms with Gasteiger partial charge in [-0.15, -0.1) is 0 Å². The van der Waals surface area contributed by atoms with Crippen molar-refractivity contribution >= 4 is 23.5 Å². The highest BCUT2D eigenvalue weighted by Gasteiger charge is 2.44. The molecule has 0 unspecified atom stereocenters. The number of aliphatic carboxylic acids is 1. The maximum atomic E-state index is 13.2. The van der Waals surface area contributed by atoms with Crippen molar-refractivity contribution in [3.05, 3.63) is 34.4 Å². The van der Waals surface area contributed by atoms with Crippen LogP contribution >= 0.6 is 11.6 Å². The molecular formula is C14H16ClF2NO3. The quantitative estimate of drug-likeness (QED) is 0.837. The Labute approximate surface area is 126 Å². The lowest BCUT2D eigenvalue weighted by Gasteiger charge is -2.38. The molecule has 0 radical (unpaired) electrons. The van der Waals surface area contributed by atoms with Crippen molar-refractivity contribution in [2.24, 2.45) is 5.41 Å². The zero-order chi connectivity index (χ0) is 16.6. The minimum Gasteiger partial charge on any atom is -0.481 e. The lowest BCUT2D eigenvalue weighted by molar-refractivity contribution is -0.150. The maximum absolute atomic E-state index is 13.2. The van der Waals surface area contributed by atoms with Gasteiger partial charge in [-0.1, -0.05) is 11.6 Å². The molecule has 0 heterocycles. The van der Waals surface area contributed by atoms with Crippen LogP contribution in [0.4, 0.5) is 8.78 Å². The van der Waals surface area contributed by atoms with E-state index in [1.54, 1.807) is 0 Å². The highest BCUT2D eigenvalue weighted by Crippen LogP contribution is 2.31. The fourth-order valence-electron chi connectivity index (χ4n) is 1.47. The number of rotatable bonds is 4. The van der Waals surface area contributed by atoms with Crippen LogP contribution < -0.4 is 5.32 Å². The Bertz CT molecular complexity index is 600. The number of carboxylic acid groups (broad SMARTS) is 1. The highest BCUT2D eigenvalue weighted by molar-refractivity contribution is 6.33. The van der Waals surface area contributed by atoms with Crippen LogP contribution in [0.5, 0.6) is 0 Å². The van der Waals surface area contributed by atoms with Crippen molar-refractivity contribution in [1.82, 2.24) is 5.32 Å². The summed E-state index contributed by atoms with van der Waals surface area (Å²) in [6.07, 6.45) is 0. The molecule has 0 atom stereocenters. The van der Waals surface area contributed by atoms with E-state index in [0.717, 1.165) is 0 Å². The van der Waals surface area contributed by atoms with Crippen LogP contribution in [0.1, 0.15) is 38.1 Å². The molecule has 0 aliphatic heterocycles. The van der Waals surface area contributed by atoms with Crippen LogP contribution in [0.2, 0.25) is 5.02 Å². The van der Waals surface area contributed by atoms with E-state index < -0.39 is 34.5 Å². The SMILES string of the molecule is CC(C)(NC(=O)c1cc(F)c(F)cc1Cl)C(C)(C)C(=O)O. The first-order chi connectivity index (χ1) is 9.40. The number of hydrogen-bond donors (Lipinski definition) is 2. The number of nitrogens with one attached hydrogen (secondary N) is 1. The molecule has 0 spiro atoms. The van der Waals surface area contributed by atoms with E-state index in [-0.39, 0.29) is 10.6 Å². The van der Waals surface area contributed by atoms with Gasteiger partial charge in [0.2, 0.25) is 0 Å². The predicted molar refractivity (Wildman–Crippen MR) is 74.3 cm³/mol. The second kappa shape index (κ2) is 5.60. The third kappa shape index (κ3) is 3.32. The number of halogens is 3. The van der Waals surface area contributed by atoms with E-state index in [1.165, 1.54) is 27.7 Å². The van der Waals surface area contributed by atoms with E-state index in [9.17, 15) is 23.5 Å². The van der Waals surface area contributed by atoms with Crippen molar-refractivity contribution in [1.29, 1.82) is 0 Å². The van der Waals surface area contributed by atoms with E-state index in [4.69, 9.17) is 11.6 Å². The second-order valence-electron chi connectivity index (χ2n) is 5.76. The Morgan fingerprint density at radius 3 is 2.10 bits per heavy atom. The number of carbonyl (C=O) groups is 2. The van der Waals surface area contributed by atoms with Gasteiger partial charge in [-0.25, -0.2) is 8.78 Å². The molecule has 1 amide bonds. The number of carboxylic acids is 1. The molecule has 0 aliphatic carbocycles. The van der Waals surface area contributed by atoms with Crippen molar-refractivity contribution < 1.29 is 23.5 Å². The number of amides is 1. The van der Waals surface area contributed by atoms with Gasteiger partial charge in [0.15, 0.2) is 11.6 Å². The lowest BCUT2D eigenvalue weighted by Crippen LogP contribution is -2.57. The standard InChI is InChI=1S/C14H16ClF2NO3/c1-13(2,12(20)21)14(3,4)18-11(19)7-5-9(16)10(17)6-8(7)15/h5-6H,1-4H3,(H,18,19)(H,20,21). The largest absolute Gasteiger partial charge is 0.481 e. The van der Waals surface area contributed by atoms with Crippen molar-refractivity contribution in [2.75, 3.05) is 0 Å². The van der Waals surface area contributed by atoms with Crippen LogP contribution in [-0.4, -0.2) is 22.5 Å². The first kappa shape index (κ1) is 17.4. The van der Waals surface area contributed by atoms with Crippen LogP contribution in [-0.2, 0) is 4.79 Å². The zero-order valence-electron chi connectivity index (χ0n) is 12.1. The summed E-state index contributed by atoms with van der Waals surface area (Å²) in [5.41, 5.74) is -2.69. The fraction of sp³-hybridized carbons (Fsp3) is 0.429. The van der Waals surface area contributed by atoms with Crippen molar-refractivity contribution in [3.63, 3.8) is 0 Å². The molecule has 1 rings (SSSR count). The summed E-state index contributed by atoms with van der Waals surface area (Å²) in [6.45, 7) is 5.94. The van der Waals surface area contributed by atoms with E-state index in [2.05, 4.69) is 5.32 Å². The summed E-state index contributed by atoms with van der Waals surface area (Å²) in [5.74, 6) is -4.26. The van der Waals surface area contributed by atoms with Gasteiger partial charge in [0.25, 0.3) is 5.91 Å². The lowest BCUT2D eigenvalue weighted by atomic mass is 9.74.